The zero-order valence-electron chi connectivity index (χ0n) is 18.2. The van der Waals surface area contributed by atoms with Gasteiger partial charge in [-0.2, -0.15) is 0 Å². The average Bonchev–Trinajstić information content (AvgIpc) is 3.15. The minimum absolute atomic E-state index is 0.181. The number of rotatable bonds is 7. The van der Waals surface area contributed by atoms with Crippen LogP contribution in [0.4, 0.5) is 5.69 Å². The van der Waals surface area contributed by atoms with Crippen LogP contribution in [0.3, 0.4) is 0 Å². The average molecular weight is 502 g/mol. The summed E-state index contributed by atoms with van der Waals surface area (Å²) < 4.78 is 12.4. The van der Waals surface area contributed by atoms with Crippen molar-refractivity contribution in [3.63, 3.8) is 0 Å². The Labute approximate surface area is 198 Å². The minimum atomic E-state index is -0.238. The summed E-state index contributed by atoms with van der Waals surface area (Å²) >= 11 is -0.238. The first-order valence-corrected chi connectivity index (χ1v) is 12.0. The van der Waals surface area contributed by atoms with Crippen LogP contribution in [0.5, 0.6) is 11.5 Å². The molecule has 0 spiro atoms. The molecule has 33 heavy (non-hydrogen) atoms. The summed E-state index contributed by atoms with van der Waals surface area (Å²) in [5.74, 6) is 1.32. The number of carbonyl (C=O) groups is 1. The number of hydrogen-bond donors (Lipinski definition) is 0. The third kappa shape index (κ3) is 5.15. The van der Waals surface area contributed by atoms with Gasteiger partial charge < -0.3 is 0 Å². The van der Waals surface area contributed by atoms with Crippen molar-refractivity contribution in [2.24, 2.45) is 4.99 Å². The third-order valence-corrected chi connectivity index (χ3v) is 6.87. The van der Waals surface area contributed by atoms with Crippen LogP contribution in [0.1, 0.15) is 18.1 Å². The number of aliphatic imine (C=N–C) groups is 1. The number of amidine groups is 1. The molecule has 1 aliphatic rings. The van der Waals surface area contributed by atoms with Crippen LogP contribution in [0.15, 0.2) is 83.5 Å². The molecule has 0 aliphatic carbocycles. The zero-order chi connectivity index (χ0) is 23.2. The number of hydrogen-bond acceptors (Lipinski definition) is 5. The van der Waals surface area contributed by atoms with Crippen molar-refractivity contribution in [2.75, 3.05) is 18.6 Å². The summed E-state index contributed by atoms with van der Waals surface area (Å²) in [7, 11) is 1.61. The molecular formula is C26H21N3O3Se. The Hall–Kier alpha value is -3.85. The molecule has 0 atom stereocenters. The number of carbonyl (C=O) groups excluding carboxylic acids is 1. The number of anilines is 1. The van der Waals surface area contributed by atoms with Crippen molar-refractivity contribution in [2.45, 2.75) is 6.92 Å². The normalized spacial score (nSPS) is 14.2. The first kappa shape index (κ1) is 22.3. The monoisotopic (exact) mass is 503 g/mol. The third-order valence-electron chi connectivity index (χ3n) is 4.85. The summed E-state index contributed by atoms with van der Waals surface area (Å²) in [6, 6.07) is 24.4. The van der Waals surface area contributed by atoms with Crippen LogP contribution < -0.4 is 18.8 Å². The second-order valence-corrected chi connectivity index (χ2v) is 9.19. The molecule has 1 aliphatic heterocycles. The molecular weight excluding hydrogens is 481 g/mol. The van der Waals surface area contributed by atoms with Gasteiger partial charge in [0.2, 0.25) is 0 Å². The van der Waals surface area contributed by atoms with E-state index in [0.717, 1.165) is 21.5 Å². The van der Waals surface area contributed by atoms with Gasteiger partial charge in [-0.3, -0.25) is 0 Å². The summed E-state index contributed by atoms with van der Waals surface area (Å²) in [6.45, 7) is 2.54. The van der Waals surface area contributed by atoms with Crippen LogP contribution in [-0.4, -0.2) is 39.3 Å². The number of ether oxygens (including phenoxy) is 2. The number of amides is 1. The number of methoxy groups -OCH3 is 1. The van der Waals surface area contributed by atoms with Crippen molar-refractivity contribution in [1.82, 2.24) is 0 Å². The van der Waals surface area contributed by atoms with Crippen molar-refractivity contribution in [3.05, 3.63) is 89.6 Å². The van der Waals surface area contributed by atoms with E-state index in [4.69, 9.17) is 19.7 Å². The Kier molecular flexibility index (Phi) is 6.89. The van der Waals surface area contributed by atoms with Gasteiger partial charge in [0, 0.05) is 0 Å². The Morgan fingerprint density at radius 3 is 2.27 bits per heavy atom. The van der Waals surface area contributed by atoms with Gasteiger partial charge in [0.25, 0.3) is 0 Å². The maximum atomic E-state index is 13.4. The summed E-state index contributed by atoms with van der Waals surface area (Å²) in [4.78, 5) is 19.8. The predicted molar refractivity (Wildman–Crippen MR) is 130 cm³/mol. The molecule has 0 saturated heterocycles. The van der Waals surface area contributed by atoms with Crippen LogP contribution in [0.2, 0.25) is 0 Å². The molecule has 1 heterocycles. The fraction of sp³-hybridized carbons (Fsp3) is 0.115. The van der Waals surface area contributed by atoms with E-state index in [0.29, 0.717) is 28.4 Å². The first-order valence-electron chi connectivity index (χ1n) is 10.3. The topological polar surface area (TPSA) is 74.9 Å². The molecule has 0 unspecified atom stereocenters. The van der Waals surface area contributed by atoms with Gasteiger partial charge in [-0.25, -0.2) is 0 Å². The van der Waals surface area contributed by atoms with Crippen LogP contribution in [0, 0.1) is 11.3 Å². The first-order chi connectivity index (χ1) is 16.1. The van der Waals surface area contributed by atoms with Crippen LogP contribution >= 0.6 is 0 Å². The molecule has 0 bridgehead atoms. The molecule has 3 aromatic carbocycles. The van der Waals surface area contributed by atoms with Crippen molar-refractivity contribution >= 4 is 41.8 Å². The van der Waals surface area contributed by atoms with E-state index in [1.165, 1.54) is 0 Å². The van der Waals surface area contributed by atoms with Crippen molar-refractivity contribution in [3.8, 4) is 17.6 Å². The van der Waals surface area contributed by atoms with E-state index in [1.54, 1.807) is 30.2 Å². The molecule has 6 nitrogen and oxygen atoms in total. The van der Waals surface area contributed by atoms with Gasteiger partial charge in [0.05, 0.1) is 0 Å². The fourth-order valence-corrected chi connectivity index (χ4v) is 5.11. The van der Waals surface area contributed by atoms with Crippen LogP contribution in [0.25, 0.3) is 6.08 Å². The summed E-state index contributed by atoms with van der Waals surface area (Å²) in [6.07, 6.45) is 1.79. The molecule has 7 heteroatoms. The van der Waals surface area contributed by atoms with Gasteiger partial charge in [-0.15, -0.1) is 0 Å². The SMILES string of the molecule is CCOc1ccc(/C=C2\N=C([Se]c3ccc(C#N)cc3)N(c3ccc(OC)cc3)C2=O)cc1. The van der Waals surface area contributed by atoms with Crippen molar-refractivity contribution in [1.29, 1.82) is 5.26 Å². The van der Waals surface area contributed by atoms with Gasteiger partial charge in [0.1, 0.15) is 0 Å². The molecule has 164 valence electrons. The number of nitriles is 1. The Morgan fingerprint density at radius 1 is 1.00 bits per heavy atom. The standard InChI is InChI=1S/C26H21N3O3Se/c1-3-32-22-10-4-18(5-11-22)16-24-25(30)29(20-8-12-21(31-2)13-9-20)26(28-24)33-23-14-6-19(17-27)7-15-23/h4-16H,3H2,1-2H3/b24-16-. The summed E-state index contributed by atoms with van der Waals surface area (Å²) in [5, 5.41) is 9.06. The van der Waals surface area contributed by atoms with E-state index in [2.05, 4.69) is 6.07 Å². The van der Waals surface area contributed by atoms with E-state index < -0.39 is 0 Å². The van der Waals surface area contributed by atoms with Crippen molar-refractivity contribution < 1.29 is 14.3 Å². The molecule has 0 fully saturated rings. The number of nitrogens with zero attached hydrogens (tertiary/aromatic N) is 3. The van der Waals surface area contributed by atoms with Crippen LogP contribution in [-0.2, 0) is 4.79 Å². The summed E-state index contributed by atoms with van der Waals surface area (Å²) in [5.41, 5.74) is 2.57. The molecule has 0 radical (unpaired) electrons. The van der Waals surface area contributed by atoms with Gasteiger partial charge in [0.15, 0.2) is 0 Å². The Bertz CT molecular complexity index is 1240. The molecule has 0 saturated carbocycles. The molecule has 0 N–H and O–H groups in total. The van der Waals surface area contributed by atoms with E-state index in [1.807, 2.05) is 67.6 Å². The van der Waals surface area contributed by atoms with Gasteiger partial charge >= 0.3 is 199 Å². The zero-order valence-corrected chi connectivity index (χ0v) is 19.9. The van der Waals surface area contributed by atoms with E-state index in [9.17, 15) is 4.79 Å². The second kappa shape index (κ2) is 10.2. The Morgan fingerprint density at radius 2 is 1.67 bits per heavy atom. The van der Waals surface area contributed by atoms with Gasteiger partial charge in [-0.05, 0) is 0 Å². The molecule has 3 aromatic rings. The predicted octanol–water partition coefficient (Wildman–Crippen LogP) is 3.74. The maximum absolute atomic E-state index is 13.4. The second-order valence-electron chi connectivity index (χ2n) is 7.00. The molecule has 1 amide bonds. The van der Waals surface area contributed by atoms with E-state index in [-0.39, 0.29) is 20.9 Å². The molecule has 4 rings (SSSR count). The molecule has 0 aromatic heterocycles. The van der Waals surface area contributed by atoms with Gasteiger partial charge in [-0.1, -0.05) is 0 Å². The number of benzene rings is 3. The fourth-order valence-electron chi connectivity index (χ4n) is 3.21. The Balaban J connectivity index is 1.68. The van der Waals surface area contributed by atoms with E-state index >= 15 is 0 Å². The quantitative estimate of drug-likeness (QED) is 0.365.